The molecule has 82 valence electrons. The monoisotopic (exact) mass is 224 g/mol. The fourth-order valence-electron chi connectivity index (χ4n) is 2.40. The molecule has 0 radical (unpaired) electrons. The van der Waals surface area contributed by atoms with Crippen LogP contribution in [0.1, 0.15) is 37.0 Å². The average molecular weight is 224 g/mol. The van der Waals surface area contributed by atoms with Gasteiger partial charge in [-0.1, -0.05) is 0 Å². The third-order valence-electron chi connectivity index (χ3n) is 3.28. The lowest BCUT2D eigenvalue weighted by molar-refractivity contribution is 0.424. The van der Waals surface area contributed by atoms with Crippen LogP contribution in [-0.4, -0.2) is 32.8 Å². The van der Waals surface area contributed by atoms with Crippen molar-refractivity contribution in [2.75, 3.05) is 18.1 Å². The summed E-state index contributed by atoms with van der Waals surface area (Å²) in [6.45, 7) is 4.23. The Morgan fingerprint density at radius 1 is 1.40 bits per heavy atom. The highest BCUT2D eigenvalue weighted by Gasteiger charge is 2.27. The Bertz CT molecular complexity index is 356. The molecule has 0 saturated carbocycles. The van der Waals surface area contributed by atoms with Crippen LogP contribution >= 0.6 is 11.8 Å². The molecule has 3 rings (SSSR count). The lowest BCUT2D eigenvalue weighted by Gasteiger charge is -2.23. The maximum absolute atomic E-state index is 4.39. The van der Waals surface area contributed by atoms with E-state index in [9.17, 15) is 0 Å². The van der Waals surface area contributed by atoms with Gasteiger partial charge in [-0.25, -0.2) is 0 Å². The van der Waals surface area contributed by atoms with Crippen molar-refractivity contribution in [3.63, 3.8) is 0 Å². The first-order chi connectivity index (χ1) is 7.36. The molecule has 2 unspecified atom stereocenters. The molecular formula is C10H16N4S. The lowest BCUT2D eigenvalue weighted by atomic mass is 10.1. The maximum Gasteiger partial charge on any atom is 0.149 e. The highest BCUT2D eigenvalue weighted by atomic mass is 32.2. The summed E-state index contributed by atoms with van der Waals surface area (Å²) in [6, 6.07) is 0.356. The molecule has 4 nitrogen and oxygen atoms in total. The van der Waals surface area contributed by atoms with Crippen LogP contribution in [0, 0.1) is 0 Å². The Hall–Kier alpha value is -0.550. The van der Waals surface area contributed by atoms with Gasteiger partial charge in [0, 0.05) is 24.8 Å². The second kappa shape index (κ2) is 3.79. The van der Waals surface area contributed by atoms with Crippen molar-refractivity contribution in [3.05, 3.63) is 11.6 Å². The van der Waals surface area contributed by atoms with E-state index < -0.39 is 0 Å². The zero-order valence-electron chi connectivity index (χ0n) is 8.94. The van der Waals surface area contributed by atoms with E-state index >= 15 is 0 Å². The molecule has 0 aromatic carbocycles. The Morgan fingerprint density at radius 2 is 2.27 bits per heavy atom. The Labute approximate surface area is 93.8 Å². The smallest absolute Gasteiger partial charge is 0.149 e. The highest BCUT2D eigenvalue weighted by Crippen LogP contribution is 2.32. The molecule has 0 aliphatic carbocycles. The summed E-state index contributed by atoms with van der Waals surface area (Å²) in [5.41, 5.74) is 0. The number of rotatable bonds is 1. The molecule has 1 fully saturated rings. The zero-order chi connectivity index (χ0) is 10.3. The van der Waals surface area contributed by atoms with E-state index in [0.29, 0.717) is 12.0 Å². The van der Waals surface area contributed by atoms with Crippen molar-refractivity contribution in [1.82, 2.24) is 20.1 Å². The normalized spacial score (nSPS) is 30.5. The van der Waals surface area contributed by atoms with E-state index in [1.165, 1.54) is 23.8 Å². The first-order valence-electron chi connectivity index (χ1n) is 5.60. The van der Waals surface area contributed by atoms with Gasteiger partial charge in [-0.2, -0.15) is 11.8 Å². The van der Waals surface area contributed by atoms with E-state index in [-0.39, 0.29) is 0 Å². The summed E-state index contributed by atoms with van der Waals surface area (Å²) < 4.78 is 2.33. The minimum atomic E-state index is 0.356. The number of hydrogen-bond acceptors (Lipinski definition) is 4. The van der Waals surface area contributed by atoms with Crippen LogP contribution in [-0.2, 0) is 6.54 Å². The third kappa shape index (κ3) is 1.58. The van der Waals surface area contributed by atoms with E-state index in [4.69, 9.17) is 0 Å². The summed E-state index contributed by atoms with van der Waals surface area (Å²) in [7, 11) is 0. The predicted molar refractivity (Wildman–Crippen MR) is 61.1 cm³/mol. The summed E-state index contributed by atoms with van der Waals surface area (Å²) in [5.74, 6) is 5.48. The second-order valence-electron chi connectivity index (χ2n) is 4.30. The van der Waals surface area contributed by atoms with Gasteiger partial charge in [0.25, 0.3) is 0 Å². The fourth-order valence-corrected chi connectivity index (χ4v) is 3.62. The minimum absolute atomic E-state index is 0.356. The van der Waals surface area contributed by atoms with Crippen LogP contribution < -0.4 is 5.32 Å². The first-order valence-corrected chi connectivity index (χ1v) is 6.76. The molecule has 2 atom stereocenters. The number of nitrogens with zero attached hydrogens (tertiary/aromatic N) is 3. The SMILES string of the molecule is CC1NCCn2c(C3CCSC3)nnc21. The van der Waals surface area contributed by atoms with Crippen molar-refractivity contribution in [2.24, 2.45) is 0 Å². The van der Waals surface area contributed by atoms with Crippen molar-refractivity contribution in [2.45, 2.75) is 31.8 Å². The number of fused-ring (bicyclic) bond motifs is 1. The molecular weight excluding hydrogens is 208 g/mol. The van der Waals surface area contributed by atoms with Crippen molar-refractivity contribution >= 4 is 11.8 Å². The predicted octanol–water partition coefficient (Wildman–Crippen LogP) is 1.16. The van der Waals surface area contributed by atoms with Gasteiger partial charge in [0.1, 0.15) is 11.6 Å². The van der Waals surface area contributed by atoms with Crippen molar-refractivity contribution < 1.29 is 0 Å². The van der Waals surface area contributed by atoms with Gasteiger partial charge in [-0.15, -0.1) is 10.2 Å². The van der Waals surface area contributed by atoms with Crippen LogP contribution in [0.25, 0.3) is 0 Å². The van der Waals surface area contributed by atoms with Crippen LogP contribution in [0.4, 0.5) is 0 Å². The van der Waals surface area contributed by atoms with Gasteiger partial charge in [-0.05, 0) is 19.1 Å². The maximum atomic E-state index is 4.39. The zero-order valence-corrected chi connectivity index (χ0v) is 9.76. The Kier molecular flexibility index (Phi) is 2.44. The third-order valence-corrected chi connectivity index (χ3v) is 4.44. The van der Waals surface area contributed by atoms with Gasteiger partial charge in [-0.3, -0.25) is 0 Å². The van der Waals surface area contributed by atoms with E-state index in [1.54, 1.807) is 0 Å². The number of hydrogen-bond donors (Lipinski definition) is 1. The van der Waals surface area contributed by atoms with Gasteiger partial charge in [0.15, 0.2) is 0 Å². The molecule has 2 aliphatic heterocycles. The summed E-state index contributed by atoms with van der Waals surface area (Å²) in [6.07, 6.45) is 1.27. The van der Waals surface area contributed by atoms with Gasteiger partial charge < -0.3 is 9.88 Å². The topological polar surface area (TPSA) is 42.7 Å². The molecule has 2 aliphatic rings. The van der Waals surface area contributed by atoms with Gasteiger partial charge in [0.2, 0.25) is 0 Å². The molecule has 1 aromatic rings. The first kappa shape index (κ1) is 9.66. The largest absolute Gasteiger partial charge is 0.312 e. The van der Waals surface area contributed by atoms with Gasteiger partial charge >= 0.3 is 0 Å². The second-order valence-corrected chi connectivity index (χ2v) is 5.45. The molecule has 3 heterocycles. The Balaban J connectivity index is 1.95. The average Bonchev–Trinajstić information content (AvgIpc) is 2.85. The molecule has 0 amide bonds. The van der Waals surface area contributed by atoms with E-state index in [1.807, 2.05) is 11.8 Å². The molecule has 1 N–H and O–H groups in total. The van der Waals surface area contributed by atoms with Crippen LogP contribution in [0.5, 0.6) is 0 Å². The molecule has 1 aromatic heterocycles. The molecule has 0 spiro atoms. The highest BCUT2D eigenvalue weighted by molar-refractivity contribution is 7.99. The molecule has 1 saturated heterocycles. The quantitative estimate of drug-likeness (QED) is 0.777. The summed E-state index contributed by atoms with van der Waals surface area (Å²) in [4.78, 5) is 0. The van der Waals surface area contributed by atoms with Crippen molar-refractivity contribution in [3.8, 4) is 0 Å². The summed E-state index contributed by atoms with van der Waals surface area (Å²) in [5, 5.41) is 12.1. The molecule has 15 heavy (non-hydrogen) atoms. The standard InChI is InChI=1S/C10H16N4S/c1-7-9-12-13-10(8-2-5-15-6-8)14(9)4-3-11-7/h7-8,11H,2-6H2,1H3. The van der Waals surface area contributed by atoms with Crippen LogP contribution in [0.15, 0.2) is 0 Å². The van der Waals surface area contributed by atoms with Crippen molar-refractivity contribution in [1.29, 1.82) is 0 Å². The minimum Gasteiger partial charge on any atom is -0.312 e. The lowest BCUT2D eigenvalue weighted by Crippen LogP contribution is -2.33. The van der Waals surface area contributed by atoms with E-state index in [0.717, 1.165) is 18.9 Å². The van der Waals surface area contributed by atoms with E-state index in [2.05, 4.69) is 27.0 Å². The molecule has 0 bridgehead atoms. The Morgan fingerprint density at radius 3 is 3.07 bits per heavy atom. The summed E-state index contributed by atoms with van der Waals surface area (Å²) >= 11 is 2.04. The number of aromatic nitrogens is 3. The fraction of sp³-hybridized carbons (Fsp3) is 0.800. The van der Waals surface area contributed by atoms with Crippen LogP contribution in [0.3, 0.4) is 0 Å². The molecule has 5 heteroatoms. The van der Waals surface area contributed by atoms with Crippen LogP contribution in [0.2, 0.25) is 0 Å². The number of thioether (sulfide) groups is 1. The number of nitrogens with one attached hydrogen (secondary N) is 1. The van der Waals surface area contributed by atoms with Gasteiger partial charge in [0.05, 0.1) is 6.04 Å².